The third kappa shape index (κ3) is 4.55. The highest BCUT2D eigenvalue weighted by Crippen LogP contribution is 2.18. The molecule has 1 aliphatic rings. The van der Waals surface area contributed by atoms with Crippen molar-refractivity contribution >= 4 is 11.7 Å². The molecule has 132 valence electrons. The first-order valence-corrected chi connectivity index (χ1v) is 8.56. The van der Waals surface area contributed by atoms with E-state index in [1.807, 2.05) is 0 Å². The van der Waals surface area contributed by atoms with E-state index in [0.29, 0.717) is 24.6 Å². The van der Waals surface area contributed by atoms with Gasteiger partial charge < -0.3 is 15.7 Å². The van der Waals surface area contributed by atoms with Crippen LogP contribution in [0.3, 0.4) is 0 Å². The standard InChI is InChI=1S/C19H24N4O2/c1-20-19(25)17-7-4-8-18(22-17)21-11-16(24)13-23-10-9-14-5-2-3-6-15(14)12-23/h2-8,16,24H,9-13H2,1H3,(H,20,25)(H,21,22)/t16-/m1/s1. The number of aliphatic hydroxyl groups excluding tert-OH is 1. The van der Waals surface area contributed by atoms with Crippen molar-refractivity contribution in [3.05, 3.63) is 59.3 Å². The van der Waals surface area contributed by atoms with Gasteiger partial charge in [-0.1, -0.05) is 30.3 Å². The van der Waals surface area contributed by atoms with E-state index in [1.54, 1.807) is 25.2 Å². The molecule has 0 aliphatic carbocycles. The number of β-amino-alcohol motifs (C(OH)–C–C–N with tert-alkyl or cyclic N) is 1. The van der Waals surface area contributed by atoms with Crippen LogP contribution in [-0.4, -0.2) is 53.7 Å². The summed E-state index contributed by atoms with van der Waals surface area (Å²) >= 11 is 0. The highest BCUT2D eigenvalue weighted by Gasteiger charge is 2.18. The van der Waals surface area contributed by atoms with Gasteiger partial charge in [-0.25, -0.2) is 4.98 Å². The number of nitrogens with zero attached hydrogens (tertiary/aromatic N) is 2. The fraction of sp³-hybridized carbons (Fsp3) is 0.368. The lowest BCUT2D eigenvalue weighted by molar-refractivity contribution is 0.0958. The van der Waals surface area contributed by atoms with Gasteiger partial charge in [-0.05, 0) is 29.7 Å². The first-order valence-electron chi connectivity index (χ1n) is 8.56. The van der Waals surface area contributed by atoms with Crippen molar-refractivity contribution in [2.75, 3.05) is 32.0 Å². The van der Waals surface area contributed by atoms with Gasteiger partial charge in [-0.15, -0.1) is 0 Å². The molecular weight excluding hydrogens is 316 g/mol. The molecule has 1 aromatic heterocycles. The predicted molar refractivity (Wildman–Crippen MR) is 97.5 cm³/mol. The van der Waals surface area contributed by atoms with Crippen molar-refractivity contribution in [1.29, 1.82) is 0 Å². The van der Waals surface area contributed by atoms with Crippen LogP contribution in [0.15, 0.2) is 42.5 Å². The molecule has 3 rings (SSSR count). The molecule has 1 atom stereocenters. The summed E-state index contributed by atoms with van der Waals surface area (Å²) in [6.07, 6.45) is 0.516. The van der Waals surface area contributed by atoms with Crippen molar-refractivity contribution in [2.24, 2.45) is 0 Å². The van der Waals surface area contributed by atoms with Gasteiger partial charge in [0.05, 0.1) is 6.10 Å². The molecule has 0 bridgehead atoms. The van der Waals surface area contributed by atoms with Gasteiger partial charge in [0, 0.05) is 33.2 Å². The Morgan fingerprint density at radius 1 is 1.24 bits per heavy atom. The number of hydrogen-bond donors (Lipinski definition) is 3. The lowest BCUT2D eigenvalue weighted by Gasteiger charge is -2.30. The Hall–Kier alpha value is -2.44. The van der Waals surface area contributed by atoms with Crippen LogP contribution in [0.25, 0.3) is 0 Å². The number of benzene rings is 1. The van der Waals surface area contributed by atoms with E-state index in [2.05, 4.69) is 44.8 Å². The van der Waals surface area contributed by atoms with Crippen molar-refractivity contribution in [1.82, 2.24) is 15.2 Å². The normalized spacial score (nSPS) is 15.3. The molecule has 0 radical (unpaired) electrons. The van der Waals surface area contributed by atoms with E-state index >= 15 is 0 Å². The molecule has 2 heterocycles. The molecule has 0 unspecified atom stereocenters. The number of nitrogens with one attached hydrogen (secondary N) is 2. The zero-order chi connectivity index (χ0) is 17.6. The zero-order valence-electron chi connectivity index (χ0n) is 14.4. The largest absolute Gasteiger partial charge is 0.390 e. The molecule has 6 nitrogen and oxygen atoms in total. The molecule has 0 spiro atoms. The minimum absolute atomic E-state index is 0.226. The Labute approximate surface area is 147 Å². The molecule has 1 amide bonds. The molecule has 3 N–H and O–H groups in total. The van der Waals surface area contributed by atoms with Crippen molar-refractivity contribution in [3.8, 4) is 0 Å². The highest BCUT2D eigenvalue weighted by molar-refractivity contribution is 5.92. The fourth-order valence-corrected chi connectivity index (χ4v) is 3.08. The van der Waals surface area contributed by atoms with Gasteiger partial charge in [0.25, 0.3) is 5.91 Å². The molecule has 25 heavy (non-hydrogen) atoms. The minimum atomic E-state index is -0.504. The maximum Gasteiger partial charge on any atom is 0.269 e. The summed E-state index contributed by atoms with van der Waals surface area (Å²) in [5, 5.41) is 16.0. The number of aromatic nitrogens is 1. The average molecular weight is 340 g/mol. The van der Waals surface area contributed by atoms with E-state index in [-0.39, 0.29) is 5.91 Å². The average Bonchev–Trinajstić information content (AvgIpc) is 2.66. The molecule has 0 saturated carbocycles. The topological polar surface area (TPSA) is 77.5 Å². The van der Waals surface area contributed by atoms with Crippen molar-refractivity contribution in [2.45, 2.75) is 19.1 Å². The van der Waals surface area contributed by atoms with Crippen molar-refractivity contribution in [3.63, 3.8) is 0 Å². The van der Waals surface area contributed by atoms with E-state index in [0.717, 1.165) is 19.5 Å². The summed E-state index contributed by atoms with van der Waals surface area (Å²) in [5.41, 5.74) is 3.10. The number of carbonyl (C=O) groups is 1. The molecule has 1 aromatic carbocycles. The van der Waals surface area contributed by atoms with Gasteiger partial charge in [-0.3, -0.25) is 9.69 Å². The Balaban J connectivity index is 1.50. The molecule has 1 aliphatic heterocycles. The molecule has 6 heteroatoms. The second-order valence-corrected chi connectivity index (χ2v) is 6.28. The number of aliphatic hydroxyl groups is 1. The van der Waals surface area contributed by atoms with Crippen LogP contribution >= 0.6 is 0 Å². The SMILES string of the molecule is CNC(=O)c1cccc(NC[C@@H](O)CN2CCc3ccccc3C2)n1. The second-order valence-electron chi connectivity index (χ2n) is 6.28. The van der Waals surface area contributed by atoms with Crippen LogP contribution in [0.2, 0.25) is 0 Å². The minimum Gasteiger partial charge on any atom is -0.390 e. The van der Waals surface area contributed by atoms with E-state index in [4.69, 9.17) is 0 Å². The number of rotatable bonds is 6. The number of fused-ring (bicyclic) bond motifs is 1. The summed E-state index contributed by atoms with van der Waals surface area (Å²) in [4.78, 5) is 18.1. The zero-order valence-corrected chi connectivity index (χ0v) is 14.4. The number of anilines is 1. The monoisotopic (exact) mass is 340 g/mol. The van der Waals surface area contributed by atoms with Crippen LogP contribution in [0.1, 0.15) is 21.6 Å². The second kappa shape index (κ2) is 8.09. The number of pyridine rings is 1. The third-order valence-corrected chi connectivity index (χ3v) is 4.41. The van der Waals surface area contributed by atoms with Crippen LogP contribution in [0.5, 0.6) is 0 Å². The maximum absolute atomic E-state index is 11.6. The van der Waals surface area contributed by atoms with Gasteiger partial charge in [-0.2, -0.15) is 0 Å². The van der Waals surface area contributed by atoms with Crippen LogP contribution < -0.4 is 10.6 Å². The summed E-state index contributed by atoms with van der Waals surface area (Å²) in [6.45, 7) is 2.83. The highest BCUT2D eigenvalue weighted by atomic mass is 16.3. The third-order valence-electron chi connectivity index (χ3n) is 4.41. The fourth-order valence-electron chi connectivity index (χ4n) is 3.08. The summed E-state index contributed by atoms with van der Waals surface area (Å²) in [5.74, 6) is 0.361. The number of amides is 1. The lowest BCUT2D eigenvalue weighted by atomic mass is 10.00. The Morgan fingerprint density at radius 3 is 2.84 bits per heavy atom. The molecular formula is C19H24N4O2. The number of hydrogen-bond acceptors (Lipinski definition) is 5. The molecule has 2 aromatic rings. The van der Waals surface area contributed by atoms with E-state index < -0.39 is 6.10 Å². The van der Waals surface area contributed by atoms with Gasteiger partial charge in [0.2, 0.25) is 0 Å². The van der Waals surface area contributed by atoms with Gasteiger partial charge >= 0.3 is 0 Å². The maximum atomic E-state index is 11.6. The summed E-state index contributed by atoms with van der Waals surface area (Å²) in [7, 11) is 1.57. The summed E-state index contributed by atoms with van der Waals surface area (Å²) < 4.78 is 0. The first-order chi connectivity index (χ1) is 12.2. The molecule has 0 saturated heterocycles. The van der Waals surface area contributed by atoms with Crippen LogP contribution in [-0.2, 0) is 13.0 Å². The Bertz CT molecular complexity index is 735. The smallest absolute Gasteiger partial charge is 0.269 e. The Kier molecular flexibility index (Phi) is 5.63. The van der Waals surface area contributed by atoms with Crippen LogP contribution in [0.4, 0.5) is 5.82 Å². The quantitative estimate of drug-likeness (QED) is 0.738. The van der Waals surface area contributed by atoms with Gasteiger partial charge in [0.1, 0.15) is 11.5 Å². The summed E-state index contributed by atoms with van der Waals surface area (Å²) in [6, 6.07) is 13.7. The predicted octanol–water partition coefficient (Wildman–Crippen LogP) is 1.27. The lowest BCUT2D eigenvalue weighted by Crippen LogP contribution is -2.39. The van der Waals surface area contributed by atoms with Gasteiger partial charge in [0.15, 0.2) is 0 Å². The molecule has 0 fully saturated rings. The first kappa shape index (κ1) is 17.4. The van der Waals surface area contributed by atoms with E-state index in [9.17, 15) is 9.90 Å². The van der Waals surface area contributed by atoms with E-state index in [1.165, 1.54) is 11.1 Å². The Morgan fingerprint density at radius 2 is 2.04 bits per heavy atom. The van der Waals surface area contributed by atoms with Crippen LogP contribution in [0, 0.1) is 0 Å². The van der Waals surface area contributed by atoms with Crippen molar-refractivity contribution < 1.29 is 9.90 Å². The number of carbonyl (C=O) groups excluding carboxylic acids is 1.